The summed E-state index contributed by atoms with van der Waals surface area (Å²) in [5, 5.41) is 0. The summed E-state index contributed by atoms with van der Waals surface area (Å²) < 4.78 is 19.4. The molecule has 0 radical (unpaired) electrons. The summed E-state index contributed by atoms with van der Waals surface area (Å²) in [6.07, 6.45) is 2.15. The van der Waals surface area contributed by atoms with Crippen LogP contribution in [0.5, 0.6) is 0 Å². The highest BCUT2D eigenvalue weighted by Gasteiger charge is 2.18. The van der Waals surface area contributed by atoms with Crippen molar-refractivity contribution in [2.24, 2.45) is 0 Å². The molecule has 0 spiro atoms. The van der Waals surface area contributed by atoms with Gasteiger partial charge >= 0.3 is 0 Å². The Morgan fingerprint density at radius 2 is 1.85 bits per heavy atom. The molecule has 4 nitrogen and oxygen atoms in total. The van der Waals surface area contributed by atoms with E-state index in [4.69, 9.17) is 4.42 Å². The van der Waals surface area contributed by atoms with Crippen LogP contribution in [0, 0.1) is 5.82 Å². The highest BCUT2D eigenvalue weighted by molar-refractivity contribution is 5.76. The smallest absolute Gasteiger partial charge is 0.223 e. The van der Waals surface area contributed by atoms with Crippen LogP contribution in [0.4, 0.5) is 4.39 Å². The maximum atomic E-state index is 13.8. The van der Waals surface area contributed by atoms with Crippen molar-refractivity contribution < 1.29 is 13.6 Å². The van der Waals surface area contributed by atoms with E-state index in [0.29, 0.717) is 23.6 Å². The van der Waals surface area contributed by atoms with Crippen molar-refractivity contribution in [3.05, 3.63) is 78.1 Å². The Bertz CT molecular complexity index is 876. The number of benzene rings is 2. The predicted molar refractivity (Wildman–Crippen MR) is 97.8 cm³/mol. The van der Waals surface area contributed by atoms with Crippen molar-refractivity contribution in [1.29, 1.82) is 0 Å². The average Bonchev–Trinajstić information content (AvgIpc) is 3.14. The first-order valence-corrected chi connectivity index (χ1v) is 8.56. The maximum absolute atomic E-state index is 13.8. The van der Waals surface area contributed by atoms with Crippen LogP contribution in [-0.2, 0) is 11.2 Å². The second kappa shape index (κ2) is 7.95. The second-order valence-electron chi connectivity index (χ2n) is 6.19. The van der Waals surface area contributed by atoms with Gasteiger partial charge in [0.25, 0.3) is 0 Å². The van der Waals surface area contributed by atoms with Crippen LogP contribution in [0.1, 0.15) is 30.8 Å². The van der Waals surface area contributed by atoms with Crippen molar-refractivity contribution in [1.82, 2.24) is 9.88 Å². The fourth-order valence-electron chi connectivity index (χ4n) is 2.77. The highest BCUT2D eigenvalue weighted by atomic mass is 19.1. The van der Waals surface area contributed by atoms with Crippen molar-refractivity contribution in [3.63, 3.8) is 0 Å². The number of hydrogen-bond donors (Lipinski definition) is 0. The molecule has 134 valence electrons. The first kappa shape index (κ1) is 17.9. The number of aromatic nitrogens is 1. The average molecular weight is 352 g/mol. The van der Waals surface area contributed by atoms with Gasteiger partial charge in [0.2, 0.25) is 5.91 Å². The number of carbonyl (C=O) groups is 1. The van der Waals surface area contributed by atoms with Crippen LogP contribution >= 0.6 is 0 Å². The van der Waals surface area contributed by atoms with Crippen LogP contribution in [0.25, 0.3) is 11.3 Å². The number of halogens is 1. The van der Waals surface area contributed by atoms with E-state index < -0.39 is 0 Å². The molecule has 0 saturated heterocycles. The van der Waals surface area contributed by atoms with Gasteiger partial charge in [-0.3, -0.25) is 4.79 Å². The number of hydrogen-bond acceptors (Lipinski definition) is 3. The van der Waals surface area contributed by atoms with E-state index in [9.17, 15) is 9.18 Å². The van der Waals surface area contributed by atoms with Gasteiger partial charge in [-0.25, -0.2) is 9.37 Å². The summed E-state index contributed by atoms with van der Waals surface area (Å²) in [7, 11) is 1.79. The van der Waals surface area contributed by atoms with E-state index in [1.54, 1.807) is 30.1 Å². The number of amides is 1. The molecule has 3 rings (SSSR count). The fraction of sp³-hybridized carbons (Fsp3) is 0.238. The standard InChI is InChI=1S/C21H21FN2O2/c1-15(16-8-4-3-5-9-16)24(2)21(25)13-12-20-23-14-19(26-20)17-10-6-7-11-18(17)22/h3-11,14-15H,12-13H2,1-2H3. The maximum Gasteiger partial charge on any atom is 0.223 e. The summed E-state index contributed by atoms with van der Waals surface area (Å²) in [5.74, 6) is 0.448. The van der Waals surface area contributed by atoms with Crippen molar-refractivity contribution in [2.45, 2.75) is 25.8 Å². The third-order valence-electron chi connectivity index (χ3n) is 4.50. The lowest BCUT2D eigenvalue weighted by atomic mass is 10.1. The van der Waals surface area contributed by atoms with Crippen molar-refractivity contribution in [3.8, 4) is 11.3 Å². The minimum Gasteiger partial charge on any atom is -0.441 e. The van der Waals surface area contributed by atoms with E-state index in [2.05, 4.69) is 4.98 Å². The first-order chi connectivity index (χ1) is 12.6. The largest absolute Gasteiger partial charge is 0.441 e. The number of oxazole rings is 1. The fourth-order valence-corrected chi connectivity index (χ4v) is 2.77. The molecule has 5 heteroatoms. The molecule has 0 saturated carbocycles. The van der Waals surface area contributed by atoms with E-state index in [0.717, 1.165) is 5.56 Å². The minimum absolute atomic E-state index is 0.00648. The Morgan fingerprint density at radius 3 is 2.58 bits per heavy atom. The molecule has 0 aliphatic rings. The lowest BCUT2D eigenvalue weighted by Gasteiger charge is -2.25. The third kappa shape index (κ3) is 3.99. The van der Waals surface area contributed by atoms with Gasteiger partial charge < -0.3 is 9.32 Å². The number of rotatable bonds is 6. The van der Waals surface area contributed by atoms with Crippen molar-refractivity contribution in [2.75, 3.05) is 7.05 Å². The quantitative estimate of drug-likeness (QED) is 0.650. The molecule has 1 unspecified atom stereocenters. The van der Waals surface area contributed by atoms with Gasteiger partial charge in [-0.05, 0) is 24.6 Å². The number of aryl methyl sites for hydroxylation is 1. The van der Waals surface area contributed by atoms with Gasteiger partial charge in [-0.15, -0.1) is 0 Å². The van der Waals surface area contributed by atoms with Crippen LogP contribution in [-0.4, -0.2) is 22.8 Å². The highest BCUT2D eigenvalue weighted by Crippen LogP contribution is 2.24. The van der Waals surface area contributed by atoms with Gasteiger partial charge in [0, 0.05) is 19.9 Å². The Morgan fingerprint density at radius 1 is 1.15 bits per heavy atom. The Kier molecular flexibility index (Phi) is 5.46. The lowest BCUT2D eigenvalue weighted by molar-refractivity contribution is -0.131. The summed E-state index contributed by atoms with van der Waals surface area (Å²) in [6, 6.07) is 16.2. The molecule has 0 aliphatic heterocycles. The van der Waals surface area contributed by atoms with Gasteiger partial charge in [0.1, 0.15) is 5.82 Å². The second-order valence-corrected chi connectivity index (χ2v) is 6.19. The SMILES string of the molecule is CC(c1ccccc1)N(C)C(=O)CCc1ncc(-c2ccccc2F)o1. The molecule has 0 bridgehead atoms. The van der Waals surface area contributed by atoms with Crippen LogP contribution in [0.15, 0.2) is 65.2 Å². The zero-order chi connectivity index (χ0) is 18.5. The molecule has 1 amide bonds. The molecule has 26 heavy (non-hydrogen) atoms. The molecule has 0 aliphatic carbocycles. The summed E-state index contributed by atoms with van der Waals surface area (Å²) in [6.45, 7) is 1.99. The molecule has 1 aromatic heterocycles. The number of nitrogens with zero attached hydrogens (tertiary/aromatic N) is 2. The molecule has 3 aromatic rings. The Hall–Kier alpha value is -2.95. The van der Waals surface area contributed by atoms with E-state index >= 15 is 0 Å². The van der Waals surface area contributed by atoms with Crippen LogP contribution < -0.4 is 0 Å². The van der Waals surface area contributed by atoms with Gasteiger partial charge in [0.05, 0.1) is 17.8 Å². The normalized spacial score (nSPS) is 12.0. The molecule has 2 aromatic carbocycles. The summed E-state index contributed by atoms with van der Waals surface area (Å²) >= 11 is 0. The van der Waals surface area contributed by atoms with Gasteiger partial charge in [-0.1, -0.05) is 42.5 Å². The van der Waals surface area contributed by atoms with Crippen LogP contribution in [0.3, 0.4) is 0 Å². The van der Waals surface area contributed by atoms with E-state index in [-0.39, 0.29) is 24.2 Å². The molecular weight excluding hydrogens is 331 g/mol. The Labute approximate surface area is 152 Å². The molecule has 0 N–H and O–H groups in total. The molecule has 1 atom stereocenters. The van der Waals surface area contributed by atoms with E-state index in [1.165, 1.54) is 12.3 Å². The lowest BCUT2D eigenvalue weighted by Crippen LogP contribution is -2.29. The zero-order valence-corrected chi connectivity index (χ0v) is 14.9. The minimum atomic E-state index is -0.359. The first-order valence-electron chi connectivity index (χ1n) is 8.56. The monoisotopic (exact) mass is 352 g/mol. The summed E-state index contributed by atoms with van der Waals surface area (Å²) in [5.41, 5.74) is 1.45. The number of carbonyl (C=O) groups excluding carboxylic acids is 1. The van der Waals surface area contributed by atoms with Crippen LogP contribution in [0.2, 0.25) is 0 Å². The molecule has 0 fully saturated rings. The Balaban J connectivity index is 1.61. The predicted octanol–water partition coefficient (Wildman–Crippen LogP) is 4.63. The molecular formula is C21H21FN2O2. The topological polar surface area (TPSA) is 46.3 Å². The molecule has 1 heterocycles. The van der Waals surface area contributed by atoms with E-state index in [1.807, 2.05) is 37.3 Å². The summed E-state index contributed by atoms with van der Waals surface area (Å²) in [4.78, 5) is 18.3. The zero-order valence-electron chi connectivity index (χ0n) is 14.9. The van der Waals surface area contributed by atoms with Gasteiger partial charge in [-0.2, -0.15) is 0 Å². The van der Waals surface area contributed by atoms with Crippen molar-refractivity contribution >= 4 is 5.91 Å². The third-order valence-corrected chi connectivity index (χ3v) is 4.50. The van der Waals surface area contributed by atoms with Gasteiger partial charge in [0.15, 0.2) is 11.7 Å².